The normalized spacial score (nSPS) is 10.1. The molecule has 0 bridgehead atoms. The van der Waals surface area contributed by atoms with Gasteiger partial charge in [0, 0.05) is 5.56 Å². The van der Waals surface area contributed by atoms with E-state index in [-0.39, 0.29) is 18.1 Å². The number of benzene rings is 1. The molecule has 0 fully saturated rings. The smallest absolute Gasteiger partial charge is 0.230 e. The van der Waals surface area contributed by atoms with Gasteiger partial charge in [0.1, 0.15) is 16.2 Å². The van der Waals surface area contributed by atoms with Gasteiger partial charge in [-0.25, -0.2) is 4.98 Å². The number of nitrogens with one attached hydrogen (secondary N) is 1. The van der Waals surface area contributed by atoms with E-state index >= 15 is 0 Å². The standard InChI is InChI=1S/C13H11BrN2O2/c14-11-6-3-7-12(15-11)16-13(18)8-9-4-1-2-5-10(9)17/h1-7,17H,8H2,(H,15,16,18). The van der Waals surface area contributed by atoms with E-state index in [9.17, 15) is 9.90 Å². The van der Waals surface area contributed by atoms with Crippen LogP contribution in [0, 0.1) is 0 Å². The summed E-state index contributed by atoms with van der Waals surface area (Å²) in [5.74, 6) is 0.377. The van der Waals surface area contributed by atoms with Crippen molar-refractivity contribution in [2.45, 2.75) is 6.42 Å². The average Bonchev–Trinajstić information content (AvgIpc) is 2.32. The lowest BCUT2D eigenvalue weighted by Crippen LogP contribution is -2.15. The molecule has 0 saturated heterocycles. The predicted octanol–water partition coefficient (Wildman–Crippen LogP) is 2.73. The number of phenolic OH excluding ortho intramolecular Hbond substituents is 1. The molecule has 1 heterocycles. The van der Waals surface area contributed by atoms with Crippen LogP contribution in [0.15, 0.2) is 47.1 Å². The Bertz CT molecular complexity index is 572. The summed E-state index contributed by atoms with van der Waals surface area (Å²) < 4.78 is 0.655. The first-order valence-corrected chi connectivity index (χ1v) is 6.14. The number of carbonyl (C=O) groups excluding carboxylic acids is 1. The molecule has 4 nitrogen and oxygen atoms in total. The van der Waals surface area contributed by atoms with Crippen molar-refractivity contribution in [3.8, 4) is 5.75 Å². The Morgan fingerprint density at radius 2 is 2.00 bits per heavy atom. The summed E-state index contributed by atoms with van der Waals surface area (Å²) in [5.41, 5.74) is 0.588. The molecule has 0 radical (unpaired) electrons. The van der Waals surface area contributed by atoms with Crippen LogP contribution in [0.25, 0.3) is 0 Å². The number of rotatable bonds is 3. The van der Waals surface area contributed by atoms with Crippen molar-refractivity contribution in [3.63, 3.8) is 0 Å². The van der Waals surface area contributed by atoms with Crippen LogP contribution >= 0.6 is 15.9 Å². The first kappa shape index (κ1) is 12.6. The number of nitrogens with zero attached hydrogens (tertiary/aromatic N) is 1. The Morgan fingerprint density at radius 3 is 2.72 bits per heavy atom. The molecule has 0 aliphatic rings. The quantitative estimate of drug-likeness (QED) is 0.857. The molecule has 92 valence electrons. The van der Waals surface area contributed by atoms with E-state index in [0.717, 1.165) is 0 Å². The number of halogens is 1. The molecule has 0 atom stereocenters. The van der Waals surface area contributed by atoms with Gasteiger partial charge >= 0.3 is 0 Å². The van der Waals surface area contributed by atoms with Crippen molar-refractivity contribution in [1.29, 1.82) is 0 Å². The van der Waals surface area contributed by atoms with Gasteiger partial charge in [0.05, 0.1) is 6.42 Å². The van der Waals surface area contributed by atoms with Gasteiger partial charge in [0.25, 0.3) is 0 Å². The predicted molar refractivity (Wildman–Crippen MR) is 72.4 cm³/mol. The number of amides is 1. The van der Waals surface area contributed by atoms with Crippen LogP contribution in [0.2, 0.25) is 0 Å². The second-order valence-corrected chi connectivity index (χ2v) is 4.51. The molecule has 2 aromatic rings. The van der Waals surface area contributed by atoms with Gasteiger partial charge in [-0.15, -0.1) is 0 Å². The third-order valence-electron chi connectivity index (χ3n) is 2.33. The number of carbonyl (C=O) groups is 1. The fraction of sp³-hybridized carbons (Fsp3) is 0.0769. The molecular weight excluding hydrogens is 296 g/mol. The maximum absolute atomic E-state index is 11.8. The molecule has 18 heavy (non-hydrogen) atoms. The number of hydrogen-bond acceptors (Lipinski definition) is 3. The Balaban J connectivity index is 2.03. The number of anilines is 1. The van der Waals surface area contributed by atoms with Gasteiger partial charge in [-0.3, -0.25) is 4.79 Å². The van der Waals surface area contributed by atoms with E-state index in [2.05, 4.69) is 26.2 Å². The SMILES string of the molecule is O=C(Cc1ccccc1O)Nc1cccc(Br)n1. The molecule has 0 saturated carbocycles. The molecule has 0 unspecified atom stereocenters. The van der Waals surface area contributed by atoms with Crippen LogP contribution in [-0.4, -0.2) is 16.0 Å². The van der Waals surface area contributed by atoms with Crippen LogP contribution in [0.5, 0.6) is 5.75 Å². The van der Waals surface area contributed by atoms with Crippen molar-refractivity contribution >= 4 is 27.7 Å². The Morgan fingerprint density at radius 1 is 1.22 bits per heavy atom. The first-order chi connectivity index (χ1) is 8.65. The molecule has 1 amide bonds. The lowest BCUT2D eigenvalue weighted by atomic mass is 10.1. The molecule has 2 N–H and O–H groups in total. The first-order valence-electron chi connectivity index (χ1n) is 5.34. The van der Waals surface area contributed by atoms with Gasteiger partial charge in [-0.05, 0) is 34.1 Å². The van der Waals surface area contributed by atoms with Crippen LogP contribution in [0.3, 0.4) is 0 Å². The number of phenols is 1. The topological polar surface area (TPSA) is 62.2 Å². The second kappa shape index (κ2) is 5.64. The zero-order valence-electron chi connectivity index (χ0n) is 9.43. The minimum atomic E-state index is -0.220. The van der Waals surface area contributed by atoms with Gasteiger partial charge in [-0.1, -0.05) is 24.3 Å². The maximum atomic E-state index is 11.8. The molecule has 0 aliphatic carbocycles. The highest BCUT2D eigenvalue weighted by atomic mass is 79.9. The van der Waals surface area contributed by atoms with Gasteiger partial charge in [0.15, 0.2) is 0 Å². The number of aromatic nitrogens is 1. The van der Waals surface area contributed by atoms with Crippen molar-refractivity contribution in [2.24, 2.45) is 0 Å². The number of hydrogen-bond donors (Lipinski definition) is 2. The highest BCUT2D eigenvalue weighted by molar-refractivity contribution is 9.10. The molecule has 0 aliphatic heterocycles. The lowest BCUT2D eigenvalue weighted by Gasteiger charge is -2.06. The van der Waals surface area contributed by atoms with Crippen LogP contribution in [0.1, 0.15) is 5.56 Å². The second-order valence-electron chi connectivity index (χ2n) is 3.70. The minimum absolute atomic E-state index is 0.112. The fourth-order valence-electron chi connectivity index (χ4n) is 1.50. The Hall–Kier alpha value is -1.88. The van der Waals surface area contributed by atoms with Gasteiger partial charge < -0.3 is 10.4 Å². The summed E-state index contributed by atoms with van der Waals surface area (Å²) in [5, 5.41) is 12.2. The van der Waals surface area contributed by atoms with E-state index in [1.54, 1.807) is 42.5 Å². The van der Waals surface area contributed by atoms with Crippen molar-refractivity contribution in [3.05, 3.63) is 52.6 Å². The summed E-state index contributed by atoms with van der Waals surface area (Å²) >= 11 is 3.23. The third-order valence-corrected chi connectivity index (χ3v) is 2.77. The Kier molecular flexibility index (Phi) is 3.94. The third kappa shape index (κ3) is 3.30. The number of para-hydroxylation sites is 1. The summed E-state index contributed by atoms with van der Waals surface area (Å²) in [7, 11) is 0. The van der Waals surface area contributed by atoms with E-state index < -0.39 is 0 Å². The summed E-state index contributed by atoms with van der Waals surface area (Å²) in [6.07, 6.45) is 0.112. The average molecular weight is 307 g/mol. The van der Waals surface area contributed by atoms with Crippen LogP contribution < -0.4 is 5.32 Å². The van der Waals surface area contributed by atoms with Crippen LogP contribution in [-0.2, 0) is 11.2 Å². The zero-order valence-corrected chi connectivity index (χ0v) is 11.0. The molecule has 1 aromatic carbocycles. The zero-order chi connectivity index (χ0) is 13.0. The van der Waals surface area contributed by atoms with Crippen molar-refractivity contribution in [1.82, 2.24) is 4.98 Å². The maximum Gasteiger partial charge on any atom is 0.230 e. The molecule has 0 spiro atoms. The van der Waals surface area contributed by atoms with E-state index in [1.165, 1.54) is 0 Å². The minimum Gasteiger partial charge on any atom is -0.508 e. The van der Waals surface area contributed by atoms with E-state index in [0.29, 0.717) is 16.0 Å². The van der Waals surface area contributed by atoms with E-state index in [4.69, 9.17) is 0 Å². The van der Waals surface area contributed by atoms with E-state index in [1.807, 2.05) is 0 Å². The number of pyridine rings is 1. The van der Waals surface area contributed by atoms with Crippen molar-refractivity contribution < 1.29 is 9.90 Å². The molecule has 1 aromatic heterocycles. The van der Waals surface area contributed by atoms with Crippen LogP contribution in [0.4, 0.5) is 5.82 Å². The fourth-order valence-corrected chi connectivity index (χ4v) is 1.84. The summed E-state index contributed by atoms with van der Waals surface area (Å²) in [6.45, 7) is 0. The van der Waals surface area contributed by atoms with Crippen molar-refractivity contribution in [2.75, 3.05) is 5.32 Å². The molecular formula is C13H11BrN2O2. The number of aromatic hydroxyl groups is 1. The van der Waals surface area contributed by atoms with Gasteiger partial charge in [0.2, 0.25) is 5.91 Å². The highest BCUT2D eigenvalue weighted by Crippen LogP contribution is 2.17. The summed E-state index contributed by atoms with van der Waals surface area (Å²) in [6, 6.07) is 12.0. The molecule has 2 rings (SSSR count). The summed E-state index contributed by atoms with van der Waals surface area (Å²) in [4.78, 5) is 15.9. The molecule has 5 heteroatoms. The van der Waals surface area contributed by atoms with Gasteiger partial charge in [-0.2, -0.15) is 0 Å². The lowest BCUT2D eigenvalue weighted by molar-refractivity contribution is -0.115. The highest BCUT2D eigenvalue weighted by Gasteiger charge is 2.08. The Labute approximate surface area is 113 Å². The monoisotopic (exact) mass is 306 g/mol. The largest absolute Gasteiger partial charge is 0.508 e.